The molecule has 0 fully saturated rings. The highest BCUT2D eigenvalue weighted by atomic mass is 79.9. The van der Waals surface area contributed by atoms with Crippen molar-refractivity contribution in [3.63, 3.8) is 0 Å². The highest BCUT2D eigenvalue weighted by Crippen LogP contribution is 2.41. The molecule has 0 atom stereocenters. The zero-order valence-electron chi connectivity index (χ0n) is 7.11. The molecule has 1 nitrogen and oxygen atoms in total. The van der Waals surface area contributed by atoms with E-state index in [1.165, 1.54) is 0 Å². The zero-order chi connectivity index (χ0) is 10.1. The van der Waals surface area contributed by atoms with Crippen LogP contribution in [0.3, 0.4) is 0 Å². The number of aryl methyl sites for hydroxylation is 1. The van der Waals surface area contributed by atoms with Gasteiger partial charge in [-0.15, -0.1) is 11.3 Å². The van der Waals surface area contributed by atoms with E-state index in [1.807, 2.05) is 0 Å². The molecular weight excluding hydrogens is 260 g/mol. The molecule has 1 heterocycles. The molecule has 1 aromatic heterocycles. The van der Waals surface area contributed by atoms with Crippen LogP contribution in [0.1, 0.15) is 16.2 Å². The Kier molecular flexibility index (Phi) is 3.43. The first-order chi connectivity index (χ1) is 5.97. The van der Waals surface area contributed by atoms with Gasteiger partial charge in [0.15, 0.2) is 0 Å². The fourth-order valence-corrected chi connectivity index (χ4v) is 2.96. The van der Waals surface area contributed by atoms with Gasteiger partial charge in [-0.25, -0.2) is 8.78 Å². The van der Waals surface area contributed by atoms with Crippen molar-refractivity contribution in [3.05, 3.63) is 20.3 Å². The average Bonchev–Trinajstić information content (AvgIpc) is 2.30. The van der Waals surface area contributed by atoms with Crippen molar-refractivity contribution < 1.29 is 8.78 Å². The topological polar surface area (TPSA) is 26.0 Å². The second-order valence-electron chi connectivity index (χ2n) is 2.78. The lowest BCUT2D eigenvalue weighted by molar-refractivity contribution is -0.00748. The lowest BCUT2D eigenvalue weighted by Crippen LogP contribution is -2.17. The van der Waals surface area contributed by atoms with Crippen LogP contribution in [-0.2, 0) is 5.92 Å². The smallest absolute Gasteiger partial charge is 0.284 e. The van der Waals surface area contributed by atoms with E-state index in [0.717, 1.165) is 16.2 Å². The Hall–Kier alpha value is -0.0000000000000000555. The van der Waals surface area contributed by atoms with E-state index < -0.39 is 5.92 Å². The Balaban J connectivity index is 2.98. The summed E-state index contributed by atoms with van der Waals surface area (Å²) in [7, 11) is 0. The van der Waals surface area contributed by atoms with E-state index in [-0.39, 0.29) is 17.8 Å². The number of hydrogen-bond acceptors (Lipinski definition) is 2. The highest BCUT2D eigenvalue weighted by molar-refractivity contribution is 9.10. The number of hydrogen-bond donors (Lipinski definition) is 1. The third kappa shape index (κ3) is 2.48. The van der Waals surface area contributed by atoms with Crippen LogP contribution in [0, 0.1) is 6.92 Å². The van der Waals surface area contributed by atoms with Gasteiger partial charge in [0.25, 0.3) is 5.92 Å². The predicted molar refractivity (Wildman–Crippen MR) is 54.3 cm³/mol. The maximum absolute atomic E-state index is 13.3. The van der Waals surface area contributed by atoms with Crippen molar-refractivity contribution in [2.24, 2.45) is 5.73 Å². The summed E-state index contributed by atoms with van der Waals surface area (Å²) in [6.45, 7) is 1.80. The fraction of sp³-hybridized carbons (Fsp3) is 0.500. The van der Waals surface area contributed by atoms with Crippen LogP contribution in [0.2, 0.25) is 0 Å². The number of alkyl halides is 2. The van der Waals surface area contributed by atoms with E-state index in [4.69, 9.17) is 5.73 Å². The van der Waals surface area contributed by atoms with Gasteiger partial charge in [-0.2, -0.15) is 0 Å². The minimum absolute atomic E-state index is 0.00358. The lowest BCUT2D eigenvalue weighted by atomic mass is 10.2. The normalized spacial score (nSPS) is 12.1. The van der Waals surface area contributed by atoms with Crippen molar-refractivity contribution in [3.8, 4) is 0 Å². The van der Waals surface area contributed by atoms with E-state index in [1.54, 1.807) is 13.0 Å². The maximum Gasteiger partial charge on any atom is 0.284 e. The largest absolute Gasteiger partial charge is 0.330 e. The highest BCUT2D eigenvalue weighted by Gasteiger charge is 2.34. The summed E-state index contributed by atoms with van der Waals surface area (Å²) in [6.07, 6.45) is -0.300. The predicted octanol–water partition coefficient (Wildman–Crippen LogP) is 3.26. The molecule has 1 aromatic rings. The maximum atomic E-state index is 13.3. The molecule has 1 rings (SSSR count). The van der Waals surface area contributed by atoms with E-state index in [9.17, 15) is 8.78 Å². The van der Waals surface area contributed by atoms with E-state index in [0.29, 0.717) is 4.47 Å². The van der Waals surface area contributed by atoms with Crippen LogP contribution in [0.15, 0.2) is 10.5 Å². The lowest BCUT2D eigenvalue weighted by Gasteiger charge is -2.13. The molecule has 5 heteroatoms. The molecule has 0 amide bonds. The van der Waals surface area contributed by atoms with E-state index >= 15 is 0 Å². The van der Waals surface area contributed by atoms with Gasteiger partial charge in [0.1, 0.15) is 0 Å². The number of nitrogens with two attached hydrogens (primary N) is 1. The minimum atomic E-state index is -2.80. The summed E-state index contributed by atoms with van der Waals surface area (Å²) in [5, 5.41) is 0. The molecule has 0 aliphatic carbocycles. The van der Waals surface area contributed by atoms with Crippen LogP contribution < -0.4 is 5.73 Å². The van der Waals surface area contributed by atoms with Gasteiger partial charge in [0.05, 0.1) is 4.88 Å². The van der Waals surface area contributed by atoms with Crippen LogP contribution in [0.25, 0.3) is 0 Å². The van der Waals surface area contributed by atoms with Crippen molar-refractivity contribution in [2.75, 3.05) is 6.54 Å². The van der Waals surface area contributed by atoms with Crippen molar-refractivity contribution in [1.29, 1.82) is 0 Å². The van der Waals surface area contributed by atoms with Crippen LogP contribution in [-0.4, -0.2) is 6.54 Å². The Bertz CT molecular complexity index is 298. The first-order valence-electron chi connectivity index (χ1n) is 3.81. The zero-order valence-corrected chi connectivity index (χ0v) is 9.51. The molecule has 0 aliphatic rings. The van der Waals surface area contributed by atoms with Gasteiger partial charge in [-0.3, -0.25) is 0 Å². The van der Waals surface area contributed by atoms with Gasteiger partial charge in [-0.1, -0.05) is 0 Å². The number of thiophene rings is 1. The number of halogens is 3. The second kappa shape index (κ2) is 4.02. The van der Waals surface area contributed by atoms with Crippen molar-refractivity contribution >= 4 is 27.3 Å². The molecule has 0 unspecified atom stereocenters. The Morgan fingerprint density at radius 3 is 2.62 bits per heavy atom. The summed E-state index contributed by atoms with van der Waals surface area (Å²) in [6, 6.07) is 1.70. The quantitative estimate of drug-likeness (QED) is 0.896. The summed E-state index contributed by atoms with van der Waals surface area (Å²) < 4.78 is 27.1. The van der Waals surface area contributed by atoms with Gasteiger partial charge in [0, 0.05) is 15.8 Å². The fourth-order valence-electron chi connectivity index (χ4n) is 1.03. The monoisotopic (exact) mass is 269 g/mol. The first kappa shape index (κ1) is 11.1. The molecule has 0 spiro atoms. The SMILES string of the molecule is Cc1cc(Br)c(C(F)(F)CCN)s1. The van der Waals surface area contributed by atoms with Crippen LogP contribution >= 0.6 is 27.3 Å². The van der Waals surface area contributed by atoms with Crippen molar-refractivity contribution in [2.45, 2.75) is 19.3 Å². The standard InChI is InChI=1S/C8H10BrF2NS/c1-5-4-6(9)7(13-5)8(10,11)2-3-12/h4H,2-3,12H2,1H3. The molecule has 0 saturated carbocycles. The summed E-state index contributed by atoms with van der Waals surface area (Å²) >= 11 is 4.22. The van der Waals surface area contributed by atoms with Crippen molar-refractivity contribution in [1.82, 2.24) is 0 Å². The summed E-state index contributed by atoms with van der Waals surface area (Å²) in [4.78, 5) is 0.953. The summed E-state index contributed by atoms with van der Waals surface area (Å²) in [5.41, 5.74) is 5.12. The van der Waals surface area contributed by atoms with Gasteiger partial charge in [0.2, 0.25) is 0 Å². The molecular formula is C8H10BrF2NS. The van der Waals surface area contributed by atoms with Gasteiger partial charge in [-0.05, 0) is 35.5 Å². The Morgan fingerprint density at radius 2 is 2.23 bits per heavy atom. The third-order valence-electron chi connectivity index (χ3n) is 1.60. The minimum Gasteiger partial charge on any atom is -0.330 e. The molecule has 13 heavy (non-hydrogen) atoms. The second-order valence-corrected chi connectivity index (χ2v) is 4.89. The third-order valence-corrected chi connectivity index (χ3v) is 3.65. The number of rotatable bonds is 3. The van der Waals surface area contributed by atoms with Crippen LogP contribution in [0.4, 0.5) is 8.78 Å². The molecule has 74 valence electrons. The van der Waals surface area contributed by atoms with E-state index in [2.05, 4.69) is 15.9 Å². The molecule has 0 bridgehead atoms. The van der Waals surface area contributed by atoms with Gasteiger partial charge < -0.3 is 5.73 Å². The molecule has 0 aliphatic heterocycles. The molecule has 0 aromatic carbocycles. The average molecular weight is 270 g/mol. The molecule has 0 radical (unpaired) electrons. The van der Waals surface area contributed by atoms with Gasteiger partial charge >= 0.3 is 0 Å². The molecule has 0 saturated heterocycles. The molecule has 2 N–H and O–H groups in total. The van der Waals surface area contributed by atoms with Crippen LogP contribution in [0.5, 0.6) is 0 Å². The first-order valence-corrected chi connectivity index (χ1v) is 5.42. The summed E-state index contributed by atoms with van der Waals surface area (Å²) in [5.74, 6) is -2.80. The Morgan fingerprint density at radius 1 is 1.62 bits per heavy atom. The Labute approximate surface area is 88.1 Å².